The Labute approximate surface area is 198 Å². The molecule has 0 bridgehead atoms. The Hall–Kier alpha value is -2.24. The molecule has 1 aromatic carbocycles. The maximum absolute atomic E-state index is 13.5. The first-order valence-electron chi connectivity index (χ1n) is 12.8. The summed E-state index contributed by atoms with van der Waals surface area (Å²) in [4.78, 5) is 20.3. The number of hydrogen-bond acceptors (Lipinski definition) is 5. The van der Waals surface area contributed by atoms with Gasteiger partial charge in [-0.25, -0.2) is 4.79 Å². The fourth-order valence-electron chi connectivity index (χ4n) is 5.50. The normalized spacial score (nSPS) is 20.6. The first-order chi connectivity index (χ1) is 16.2. The van der Waals surface area contributed by atoms with Crippen molar-refractivity contribution in [3.8, 4) is 0 Å². The number of piperidine rings is 1. The van der Waals surface area contributed by atoms with Crippen LogP contribution in [0.2, 0.25) is 0 Å². The first-order valence-corrected chi connectivity index (χ1v) is 12.8. The molecule has 0 amide bonds. The van der Waals surface area contributed by atoms with E-state index in [0.717, 1.165) is 63.7 Å². The van der Waals surface area contributed by atoms with Crippen LogP contribution in [0.1, 0.15) is 74.8 Å². The maximum Gasteiger partial charge on any atom is 0.343 e. The zero-order valence-corrected chi connectivity index (χ0v) is 19.7. The van der Waals surface area contributed by atoms with E-state index in [1.54, 1.807) is 6.20 Å². The molecule has 178 valence electrons. The predicted octanol–water partition coefficient (Wildman–Crippen LogP) is 5.05. The van der Waals surface area contributed by atoms with Crippen molar-refractivity contribution in [3.63, 3.8) is 0 Å². The largest absolute Gasteiger partial charge is 0.463 e. The molecule has 1 aliphatic heterocycles. The van der Waals surface area contributed by atoms with E-state index in [0.29, 0.717) is 5.56 Å². The summed E-state index contributed by atoms with van der Waals surface area (Å²) in [7, 11) is 0. The summed E-state index contributed by atoms with van der Waals surface area (Å²) in [6.07, 6.45) is 13.3. The molecule has 2 aromatic rings. The minimum atomic E-state index is -1.59. The summed E-state index contributed by atoms with van der Waals surface area (Å²) in [6, 6.07) is 13.4. The van der Waals surface area contributed by atoms with Gasteiger partial charge in [0.25, 0.3) is 0 Å². The second-order valence-electron chi connectivity index (χ2n) is 9.74. The molecular weight excluding hydrogens is 412 g/mol. The SMILES string of the molecule is O=C(OC[C@H](CCN1CCCCC1)c1cccnc1)C(O)(c1ccccc1)C1CCCCC1. The molecule has 5 heteroatoms. The molecule has 1 saturated heterocycles. The summed E-state index contributed by atoms with van der Waals surface area (Å²) in [5.74, 6) is -0.547. The highest BCUT2D eigenvalue weighted by atomic mass is 16.5. The number of rotatable bonds is 9. The van der Waals surface area contributed by atoms with Gasteiger partial charge in [-0.2, -0.15) is 0 Å². The van der Waals surface area contributed by atoms with Crippen molar-refractivity contribution in [2.24, 2.45) is 5.92 Å². The van der Waals surface area contributed by atoms with Gasteiger partial charge in [0.05, 0.1) is 6.61 Å². The van der Waals surface area contributed by atoms with Gasteiger partial charge >= 0.3 is 5.97 Å². The van der Waals surface area contributed by atoms with Crippen molar-refractivity contribution in [2.45, 2.75) is 69.3 Å². The van der Waals surface area contributed by atoms with Crippen LogP contribution in [0, 0.1) is 5.92 Å². The number of carbonyl (C=O) groups excluding carboxylic acids is 1. The maximum atomic E-state index is 13.5. The molecule has 4 rings (SSSR count). The van der Waals surface area contributed by atoms with E-state index >= 15 is 0 Å². The van der Waals surface area contributed by atoms with Gasteiger partial charge < -0.3 is 14.7 Å². The molecule has 2 fully saturated rings. The van der Waals surface area contributed by atoms with Gasteiger partial charge in [-0.1, -0.05) is 62.1 Å². The molecule has 5 nitrogen and oxygen atoms in total. The molecule has 1 aliphatic carbocycles. The Morgan fingerprint density at radius 1 is 1.03 bits per heavy atom. The predicted molar refractivity (Wildman–Crippen MR) is 130 cm³/mol. The van der Waals surface area contributed by atoms with Crippen LogP contribution in [0.5, 0.6) is 0 Å². The number of likely N-dealkylation sites (tertiary alicyclic amines) is 1. The van der Waals surface area contributed by atoms with Crippen LogP contribution in [0.15, 0.2) is 54.9 Å². The molecule has 1 aromatic heterocycles. The van der Waals surface area contributed by atoms with Gasteiger partial charge in [-0.05, 0) is 68.9 Å². The number of aromatic nitrogens is 1. The number of benzene rings is 1. The monoisotopic (exact) mass is 450 g/mol. The van der Waals surface area contributed by atoms with Gasteiger partial charge in [0.1, 0.15) is 0 Å². The second kappa shape index (κ2) is 11.8. The molecule has 33 heavy (non-hydrogen) atoms. The van der Waals surface area contributed by atoms with E-state index in [1.807, 2.05) is 42.6 Å². The van der Waals surface area contributed by atoms with Crippen LogP contribution in [0.25, 0.3) is 0 Å². The van der Waals surface area contributed by atoms with E-state index in [2.05, 4.69) is 16.0 Å². The zero-order chi connectivity index (χ0) is 22.9. The van der Waals surface area contributed by atoms with Crippen LogP contribution in [0.4, 0.5) is 0 Å². The lowest BCUT2D eigenvalue weighted by molar-refractivity contribution is -0.176. The van der Waals surface area contributed by atoms with Gasteiger partial charge in [0.15, 0.2) is 5.60 Å². The molecule has 1 unspecified atom stereocenters. The van der Waals surface area contributed by atoms with Crippen molar-refractivity contribution in [1.29, 1.82) is 0 Å². The van der Waals surface area contributed by atoms with Gasteiger partial charge in [-0.3, -0.25) is 4.98 Å². The second-order valence-corrected chi connectivity index (χ2v) is 9.74. The Morgan fingerprint density at radius 2 is 1.76 bits per heavy atom. The Morgan fingerprint density at radius 3 is 2.45 bits per heavy atom. The zero-order valence-electron chi connectivity index (χ0n) is 19.7. The molecular formula is C28H38N2O3. The van der Waals surface area contributed by atoms with Crippen LogP contribution in [-0.4, -0.2) is 47.2 Å². The van der Waals surface area contributed by atoms with E-state index in [4.69, 9.17) is 4.74 Å². The average Bonchev–Trinajstić information content (AvgIpc) is 2.90. The topological polar surface area (TPSA) is 62.7 Å². The third-order valence-electron chi connectivity index (χ3n) is 7.53. The van der Waals surface area contributed by atoms with Crippen molar-refractivity contribution < 1.29 is 14.6 Å². The number of pyridine rings is 1. The third kappa shape index (κ3) is 6.01. The number of ether oxygens (including phenoxy) is 1. The molecule has 1 N–H and O–H groups in total. The molecule has 1 saturated carbocycles. The lowest BCUT2D eigenvalue weighted by atomic mass is 9.73. The number of hydrogen-bond donors (Lipinski definition) is 1. The third-order valence-corrected chi connectivity index (χ3v) is 7.53. The van der Waals surface area contributed by atoms with Crippen molar-refractivity contribution >= 4 is 5.97 Å². The van der Waals surface area contributed by atoms with Gasteiger partial charge in [0, 0.05) is 24.2 Å². The molecule has 0 spiro atoms. The van der Waals surface area contributed by atoms with Crippen LogP contribution >= 0.6 is 0 Å². The first kappa shape index (κ1) is 23.9. The average molecular weight is 451 g/mol. The molecule has 0 radical (unpaired) electrons. The van der Waals surface area contributed by atoms with E-state index in [9.17, 15) is 9.90 Å². The fraction of sp³-hybridized carbons (Fsp3) is 0.571. The smallest absolute Gasteiger partial charge is 0.343 e. The Kier molecular flexibility index (Phi) is 8.51. The van der Waals surface area contributed by atoms with Crippen LogP contribution < -0.4 is 0 Å². The van der Waals surface area contributed by atoms with E-state index in [-0.39, 0.29) is 18.4 Å². The highest BCUT2D eigenvalue weighted by molar-refractivity contribution is 5.81. The fourth-order valence-corrected chi connectivity index (χ4v) is 5.50. The van der Waals surface area contributed by atoms with Gasteiger partial charge in [-0.15, -0.1) is 0 Å². The minimum Gasteiger partial charge on any atom is -0.463 e. The lowest BCUT2D eigenvalue weighted by Gasteiger charge is -2.37. The standard InChI is InChI=1S/C28H38N2O3/c31-27(28(32,25-12-4-1-5-13-25)26-14-6-2-7-15-26)33-22-24(23-11-10-17-29-21-23)16-20-30-18-8-3-9-19-30/h1,4-5,10-13,17,21,24,26,32H,2-3,6-9,14-16,18-20,22H2/t24-,28?/m0/s1. The summed E-state index contributed by atoms with van der Waals surface area (Å²) in [6.45, 7) is 3.55. The summed E-state index contributed by atoms with van der Waals surface area (Å²) in [5, 5.41) is 11.8. The van der Waals surface area contributed by atoms with E-state index < -0.39 is 11.6 Å². The van der Waals surface area contributed by atoms with Gasteiger partial charge in [0.2, 0.25) is 0 Å². The summed E-state index contributed by atoms with van der Waals surface area (Å²) >= 11 is 0. The van der Waals surface area contributed by atoms with Crippen molar-refractivity contribution in [2.75, 3.05) is 26.2 Å². The van der Waals surface area contributed by atoms with Crippen molar-refractivity contribution in [3.05, 3.63) is 66.0 Å². The highest BCUT2D eigenvalue weighted by Gasteiger charge is 2.47. The Bertz CT molecular complexity index is 848. The quantitative estimate of drug-likeness (QED) is 0.542. The number of aliphatic hydroxyl groups is 1. The van der Waals surface area contributed by atoms with Crippen LogP contribution in [-0.2, 0) is 15.1 Å². The highest BCUT2D eigenvalue weighted by Crippen LogP contribution is 2.40. The molecule has 2 heterocycles. The summed E-state index contributed by atoms with van der Waals surface area (Å²) < 4.78 is 5.94. The minimum absolute atomic E-state index is 0.0657. The molecule has 2 aliphatic rings. The molecule has 2 atom stereocenters. The van der Waals surface area contributed by atoms with Crippen LogP contribution in [0.3, 0.4) is 0 Å². The van der Waals surface area contributed by atoms with Crippen molar-refractivity contribution in [1.82, 2.24) is 9.88 Å². The van der Waals surface area contributed by atoms with E-state index in [1.165, 1.54) is 19.3 Å². The Balaban J connectivity index is 1.48. The number of esters is 1. The summed E-state index contributed by atoms with van der Waals surface area (Å²) in [5.41, 5.74) is 0.144. The lowest BCUT2D eigenvalue weighted by Crippen LogP contribution is -2.45. The number of carbonyl (C=O) groups is 1. The number of nitrogens with zero attached hydrogens (tertiary/aromatic N) is 2.